The lowest BCUT2D eigenvalue weighted by molar-refractivity contribution is 0.0902. The Labute approximate surface area is 198 Å². The second-order valence-corrected chi connectivity index (χ2v) is 7.68. The Kier molecular flexibility index (Phi) is 7.56. The molecule has 10 heteroatoms. The number of halogens is 4. The smallest absolute Gasteiger partial charge is 0.251 e. The van der Waals surface area contributed by atoms with Gasteiger partial charge >= 0.3 is 0 Å². The summed E-state index contributed by atoms with van der Waals surface area (Å²) < 4.78 is 23.8. The summed E-state index contributed by atoms with van der Waals surface area (Å²) in [6, 6.07) is 9.83. The van der Waals surface area contributed by atoms with Gasteiger partial charge in [-0.25, -0.2) is 9.37 Å². The average Bonchev–Trinajstić information content (AvgIpc) is 2.78. The molecule has 0 aliphatic carbocycles. The Hall–Kier alpha value is -2.87. The lowest BCUT2D eigenvalue weighted by atomic mass is 10.1. The number of methoxy groups -OCH3 is 2. The van der Waals surface area contributed by atoms with E-state index in [2.05, 4.69) is 10.3 Å². The number of nitrogens with one attached hydrogen (secondary N) is 1. The summed E-state index contributed by atoms with van der Waals surface area (Å²) >= 11 is 18.0. The molecule has 32 heavy (non-hydrogen) atoms. The Balaban J connectivity index is 1.79. The summed E-state index contributed by atoms with van der Waals surface area (Å²) in [7, 11) is 2.85. The zero-order chi connectivity index (χ0) is 23.4. The molecule has 0 bridgehead atoms. The van der Waals surface area contributed by atoms with E-state index in [4.69, 9.17) is 44.3 Å². The van der Waals surface area contributed by atoms with Gasteiger partial charge in [-0.05, 0) is 42.5 Å². The number of aromatic nitrogens is 1. The molecule has 1 N–H and O–H groups in total. The number of nitrogens with zero attached hydrogens (tertiary/aromatic N) is 1. The monoisotopic (exact) mass is 496 g/mol. The maximum absolute atomic E-state index is 13.5. The number of carbonyl (C=O) groups excluding carboxylic acids is 2. The molecule has 0 fully saturated rings. The van der Waals surface area contributed by atoms with Gasteiger partial charge in [-0.15, -0.1) is 0 Å². The molecule has 3 aromatic rings. The fourth-order valence-electron chi connectivity index (χ4n) is 2.86. The van der Waals surface area contributed by atoms with Crippen molar-refractivity contribution in [2.75, 3.05) is 20.8 Å². The van der Waals surface area contributed by atoms with Crippen LogP contribution in [0.3, 0.4) is 0 Å². The van der Waals surface area contributed by atoms with Crippen molar-refractivity contribution in [2.45, 2.75) is 0 Å². The lowest BCUT2D eigenvalue weighted by Gasteiger charge is -2.11. The third-order valence-electron chi connectivity index (χ3n) is 4.43. The molecule has 0 radical (unpaired) electrons. The van der Waals surface area contributed by atoms with Gasteiger partial charge in [0.05, 0.1) is 35.8 Å². The van der Waals surface area contributed by atoms with Gasteiger partial charge in [0.1, 0.15) is 23.0 Å². The van der Waals surface area contributed by atoms with Gasteiger partial charge in [0.25, 0.3) is 5.91 Å². The van der Waals surface area contributed by atoms with Crippen LogP contribution in [0.2, 0.25) is 15.1 Å². The number of ketones is 1. The van der Waals surface area contributed by atoms with Gasteiger partial charge in [-0.3, -0.25) is 9.59 Å². The van der Waals surface area contributed by atoms with Crippen LogP contribution in [0.15, 0.2) is 42.5 Å². The first-order chi connectivity index (χ1) is 15.2. The molecule has 0 atom stereocenters. The van der Waals surface area contributed by atoms with Crippen LogP contribution in [0, 0.1) is 5.82 Å². The van der Waals surface area contributed by atoms with Gasteiger partial charge in [-0.2, -0.15) is 0 Å². The number of Topliss-reactive ketones (excluding diaryl/α,β-unsaturated/α-hetero) is 1. The van der Waals surface area contributed by atoms with Crippen LogP contribution in [0.4, 0.5) is 4.39 Å². The van der Waals surface area contributed by atoms with Crippen molar-refractivity contribution >= 4 is 46.5 Å². The van der Waals surface area contributed by atoms with Crippen molar-refractivity contribution < 1.29 is 23.5 Å². The van der Waals surface area contributed by atoms with Gasteiger partial charge in [0.2, 0.25) is 0 Å². The molecule has 0 saturated carbocycles. The number of benzene rings is 2. The van der Waals surface area contributed by atoms with Gasteiger partial charge in [-0.1, -0.05) is 34.8 Å². The molecule has 0 aliphatic rings. The second-order valence-electron chi connectivity index (χ2n) is 6.46. The van der Waals surface area contributed by atoms with Crippen molar-refractivity contribution in [3.63, 3.8) is 0 Å². The number of rotatable bonds is 7. The molecule has 1 amide bonds. The molecule has 0 aliphatic heterocycles. The third-order valence-corrected chi connectivity index (χ3v) is 5.28. The number of amides is 1. The van der Waals surface area contributed by atoms with E-state index in [1.807, 2.05) is 0 Å². The van der Waals surface area contributed by atoms with E-state index in [1.54, 1.807) is 6.07 Å². The minimum atomic E-state index is -0.580. The summed E-state index contributed by atoms with van der Waals surface area (Å²) in [5, 5.41) is 2.74. The van der Waals surface area contributed by atoms with E-state index >= 15 is 0 Å². The molecule has 0 unspecified atom stereocenters. The van der Waals surface area contributed by atoms with E-state index in [1.165, 1.54) is 50.6 Å². The molecule has 1 aromatic heterocycles. The molecule has 6 nitrogen and oxygen atoms in total. The van der Waals surface area contributed by atoms with E-state index in [0.29, 0.717) is 17.0 Å². The van der Waals surface area contributed by atoms with Crippen molar-refractivity contribution in [1.29, 1.82) is 0 Å². The Morgan fingerprint density at radius 2 is 1.66 bits per heavy atom. The van der Waals surface area contributed by atoms with E-state index < -0.39 is 17.5 Å². The lowest BCUT2D eigenvalue weighted by Crippen LogP contribution is -2.30. The second kappa shape index (κ2) is 10.2. The standard InChI is InChI=1S/C22H16Cl3FN2O4/c1-31-19-6-5-17(28-20(19)11-3-4-16(26)13(23)7-11)18(29)10-27-22(30)12-8-14(24)21(32-2)15(25)9-12/h3-9H,10H2,1-2H3,(H,27,30). The quantitative estimate of drug-likeness (QED) is 0.438. The third kappa shape index (κ3) is 5.12. The fraction of sp³-hybridized carbons (Fsp3) is 0.136. The molecular weight excluding hydrogens is 482 g/mol. The average molecular weight is 498 g/mol. The highest BCUT2D eigenvalue weighted by Gasteiger charge is 2.17. The molecule has 166 valence electrons. The van der Waals surface area contributed by atoms with Crippen molar-refractivity contribution in [3.05, 3.63) is 74.6 Å². The Morgan fingerprint density at radius 3 is 2.25 bits per heavy atom. The molecule has 0 saturated heterocycles. The van der Waals surface area contributed by atoms with Crippen LogP contribution >= 0.6 is 34.8 Å². The van der Waals surface area contributed by atoms with Gasteiger partial charge in [0.15, 0.2) is 11.5 Å². The predicted molar refractivity (Wildman–Crippen MR) is 121 cm³/mol. The van der Waals surface area contributed by atoms with Crippen molar-refractivity contribution in [3.8, 4) is 22.8 Å². The topological polar surface area (TPSA) is 77.5 Å². The summed E-state index contributed by atoms with van der Waals surface area (Å²) in [6.07, 6.45) is 0. The number of hydrogen-bond acceptors (Lipinski definition) is 5. The molecule has 0 spiro atoms. The number of hydrogen-bond donors (Lipinski definition) is 1. The van der Waals surface area contributed by atoms with Crippen LogP contribution in [-0.2, 0) is 0 Å². The zero-order valence-electron chi connectivity index (χ0n) is 16.8. The van der Waals surface area contributed by atoms with Crippen LogP contribution in [0.1, 0.15) is 20.8 Å². The number of ether oxygens (including phenoxy) is 2. The Morgan fingerprint density at radius 1 is 0.969 bits per heavy atom. The van der Waals surface area contributed by atoms with Crippen LogP contribution < -0.4 is 14.8 Å². The molecule has 3 rings (SSSR count). The summed E-state index contributed by atoms with van der Waals surface area (Å²) in [5.41, 5.74) is 1.01. The SMILES string of the molecule is COc1ccc(C(=O)CNC(=O)c2cc(Cl)c(OC)c(Cl)c2)nc1-c1ccc(F)c(Cl)c1. The highest BCUT2D eigenvalue weighted by Crippen LogP contribution is 2.34. The van der Waals surface area contributed by atoms with Gasteiger partial charge in [0, 0.05) is 11.1 Å². The van der Waals surface area contributed by atoms with Crippen molar-refractivity contribution in [1.82, 2.24) is 10.3 Å². The van der Waals surface area contributed by atoms with E-state index in [-0.39, 0.29) is 38.6 Å². The Bertz CT molecular complexity index is 1180. The normalized spacial score (nSPS) is 10.6. The van der Waals surface area contributed by atoms with Crippen LogP contribution in [0.25, 0.3) is 11.3 Å². The summed E-state index contributed by atoms with van der Waals surface area (Å²) in [5.74, 6) is -0.972. The molecule has 1 heterocycles. The molecular formula is C22H16Cl3FN2O4. The molecule has 2 aromatic carbocycles. The van der Waals surface area contributed by atoms with Crippen molar-refractivity contribution in [2.24, 2.45) is 0 Å². The first-order valence-corrected chi connectivity index (χ1v) is 10.2. The summed E-state index contributed by atoms with van der Waals surface area (Å²) in [6.45, 7) is -0.330. The van der Waals surface area contributed by atoms with Crippen LogP contribution in [0.5, 0.6) is 11.5 Å². The van der Waals surface area contributed by atoms with E-state index in [0.717, 1.165) is 0 Å². The first kappa shape index (κ1) is 23.8. The maximum atomic E-state index is 13.5. The van der Waals surface area contributed by atoms with Crippen LogP contribution in [-0.4, -0.2) is 37.4 Å². The maximum Gasteiger partial charge on any atom is 0.251 e. The highest BCUT2D eigenvalue weighted by molar-refractivity contribution is 6.37. The number of pyridine rings is 1. The first-order valence-electron chi connectivity index (χ1n) is 9.10. The minimum Gasteiger partial charge on any atom is -0.494 e. The predicted octanol–water partition coefficient (Wildman–Crippen LogP) is 5.48. The highest BCUT2D eigenvalue weighted by atomic mass is 35.5. The minimum absolute atomic E-state index is 0.0762. The zero-order valence-corrected chi connectivity index (χ0v) is 19.1. The number of carbonyl (C=O) groups is 2. The van der Waals surface area contributed by atoms with Gasteiger partial charge < -0.3 is 14.8 Å². The largest absolute Gasteiger partial charge is 0.494 e. The van der Waals surface area contributed by atoms with E-state index in [9.17, 15) is 14.0 Å². The fourth-order valence-corrected chi connectivity index (χ4v) is 3.68. The summed E-state index contributed by atoms with van der Waals surface area (Å²) in [4.78, 5) is 29.4.